The number of carboxylic acids is 1. The number of anilines is 3. The molecule has 0 saturated heterocycles. The molecule has 2 aromatic carbocycles. The zero-order chi connectivity index (χ0) is 18.5. The molecule has 0 heterocycles. The first-order valence-electron chi connectivity index (χ1n) is 8.20. The summed E-state index contributed by atoms with van der Waals surface area (Å²) < 4.78 is 0. The Morgan fingerprint density at radius 3 is 2.16 bits per heavy atom. The van der Waals surface area contributed by atoms with Crippen LogP contribution in [0.5, 0.6) is 0 Å². The summed E-state index contributed by atoms with van der Waals surface area (Å²) in [6, 6.07) is 17.7. The average molecular weight is 341 g/mol. The zero-order valence-electron chi connectivity index (χ0n) is 14.3. The van der Waals surface area contributed by atoms with Gasteiger partial charge in [0.05, 0.1) is 5.97 Å². The lowest BCUT2D eigenvalue weighted by atomic mass is 10.1. The van der Waals surface area contributed by atoms with Gasteiger partial charge in [-0.25, -0.2) is 0 Å². The molecule has 0 aliphatic carbocycles. The second-order valence-electron chi connectivity index (χ2n) is 5.54. The predicted octanol–water partition coefficient (Wildman–Crippen LogP) is 2.86. The normalized spacial score (nSPS) is 9.64. The fraction of sp³-hybridized carbons (Fsp3) is 0.250. The van der Waals surface area contributed by atoms with Crippen LogP contribution in [-0.4, -0.2) is 17.7 Å². The summed E-state index contributed by atoms with van der Waals surface area (Å²) in [7, 11) is 0. The van der Waals surface area contributed by atoms with Gasteiger partial charge in [0, 0.05) is 23.7 Å². The summed E-state index contributed by atoms with van der Waals surface area (Å²) in [5, 5.41) is 21.8. The van der Waals surface area contributed by atoms with Crippen molar-refractivity contribution in [2.75, 3.05) is 17.7 Å². The van der Waals surface area contributed by atoms with Crippen LogP contribution < -0.4 is 16.2 Å². The van der Waals surface area contributed by atoms with Gasteiger partial charge in [-0.05, 0) is 61.2 Å². The van der Waals surface area contributed by atoms with Crippen molar-refractivity contribution in [1.29, 1.82) is 0 Å². The Hall–Kier alpha value is -2.79. The molecular weight excluding hydrogens is 316 g/mol. The van der Waals surface area contributed by atoms with E-state index in [0.29, 0.717) is 6.42 Å². The summed E-state index contributed by atoms with van der Waals surface area (Å²) in [5.74, 6) is -1.17. The van der Waals surface area contributed by atoms with E-state index in [1.165, 1.54) is 0 Å². The number of hydrogen-bond donors (Lipinski definition) is 3. The van der Waals surface area contributed by atoms with Crippen LogP contribution in [0.15, 0.2) is 66.7 Å². The van der Waals surface area contributed by atoms with Gasteiger partial charge < -0.3 is 26.1 Å². The highest BCUT2D eigenvalue weighted by molar-refractivity contribution is 5.83. The molecule has 0 fully saturated rings. The number of nitrogens with one attached hydrogen (secondary N) is 1. The number of nitrogen functional groups attached to an aromatic ring is 1. The van der Waals surface area contributed by atoms with Gasteiger partial charge in [-0.2, -0.15) is 0 Å². The van der Waals surface area contributed by atoms with Crippen LogP contribution in [0.1, 0.15) is 25.7 Å². The Kier molecular flexibility index (Phi) is 9.48. The summed E-state index contributed by atoms with van der Waals surface area (Å²) in [6.07, 6.45) is 2.78. The molecule has 0 spiro atoms. The highest BCUT2D eigenvalue weighted by Gasteiger charge is 1.94. The standard InChI is InChI=1S/C12H12N2.C8H14O3/c13-10-6-8-12(9-7-10)14-11-4-2-1-3-5-11;1-7(8(10)11)5-3-2-4-6-9/h1-9,14H,13H2;9H,1-6H2,(H,10,11)/p-1. The Labute approximate surface area is 148 Å². The number of carboxylic acid groups (broad SMARTS) is 1. The third-order valence-electron chi connectivity index (χ3n) is 3.40. The monoisotopic (exact) mass is 341 g/mol. The molecule has 4 N–H and O–H groups in total. The van der Waals surface area contributed by atoms with Crippen molar-refractivity contribution in [2.45, 2.75) is 25.7 Å². The van der Waals surface area contributed by atoms with Crippen molar-refractivity contribution in [3.8, 4) is 0 Å². The number of benzene rings is 2. The minimum Gasteiger partial charge on any atom is -0.545 e. The molecule has 2 rings (SSSR count). The Morgan fingerprint density at radius 2 is 1.60 bits per heavy atom. The average Bonchev–Trinajstić information content (AvgIpc) is 2.62. The van der Waals surface area contributed by atoms with Gasteiger partial charge in [0.25, 0.3) is 0 Å². The van der Waals surface area contributed by atoms with E-state index in [1.54, 1.807) is 0 Å². The van der Waals surface area contributed by atoms with Crippen LogP contribution in [0.4, 0.5) is 17.1 Å². The van der Waals surface area contributed by atoms with Crippen LogP contribution in [0.25, 0.3) is 0 Å². The molecule has 25 heavy (non-hydrogen) atoms. The molecule has 0 saturated carbocycles. The molecule has 5 heteroatoms. The van der Waals surface area contributed by atoms with Crippen LogP contribution in [-0.2, 0) is 4.79 Å². The maximum absolute atomic E-state index is 10.1. The molecule has 0 atom stereocenters. The third-order valence-corrected chi connectivity index (χ3v) is 3.40. The number of carbonyl (C=O) groups excluding carboxylic acids is 1. The molecule has 0 radical (unpaired) electrons. The summed E-state index contributed by atoms with van der Waals surface area (Å²) in [4.78, 5) is 10.1. The molecule has 134 valence electrons. The smallest absolute Gasteiger partial charge is 0.0668 e. The van der Waals surface area contributed by atoms with Crippen LogP contribution in [0.2, 0.25) is 0 Å². The Bertz CT molecular complexity index is 640. The van der Waals surface area contributed by atoms with Crippen LogP contribution in [0.3, 0.4) is 0 Å². The van der Waals surface area contributed by atoms with Gasteiger partial charge in [0.15, 0.2) is 0 Å². The molecule has 2 aromatic rings. The predicted molar refractivity (Wildman–Crippen MR) is 100 cm³/mol. The van der Waals surface area contributed by atoms with Crippen molar-refractivity contribution in [1.82, 2.24) is 0 Å². The van der Waals surface area contributed by atoms with Gasteiger partial charge >= 0.3 is 0 Å². The molecule has 0 bridgehead atoms. The van der Waals surface area contributed by atoms with E-state index < -0.39 is 5.97 Å². The second-order valence-corrected chi connectivity index (χ2v) is 5.54. The lowest BCUT2D eigenvalue weighted by Crippen LogP contribution is -2.23. The van der Waals surface area contributed by atoms with Gasteiger partial charge in [-0.1, -0.05) is 31.2 Å². The first kappa shape index (κ1) is 20.3. The quantitative estimate of drug-likeness (QED) is 0.389. The largest absolute Gasteiger partial charge is 0.545 e. The maximum atomic E-state index is 10.1. The minimum absolute atomic E-state index is 0.142. The summed E-state index contributed by atoms with van der Waals surface area (Å²) in [5.41, 5.74) is 8.64. The van der Waals surface area contributed by atoms with Crippen molar-refractivity contribution >= 4 is 23.0 Å². The topological polar surface area (TPSA) is 98.4 Å². The zero-order valence-corrected chi connectivity index (χ0v) is 14.3. The highest BCUT2D eigenvalue weighted by Crippen LogP contribution is 2.16. The van der Waals surface area contributed by atoms with E-state index in [2.05, 4.69) is 11.9 Å². The lowest BCUT2D eigenvalue weighted by Gasteiger charge is -2.05. The highest BCUT2D eigenvalue weighted by atomic mass is 16.4. The first-order chi connectivity index (χ1) is 12.0. The fourth-order valence-corrected chi connectivity index (χ4v) is 1.98. The number of aliphatic carboxylic acids is 1. The lowest BCUT2D eigenvalue weighted by molar-refractivity contribution is -0.299. The Balaban J connectivity index is 0.000000260. The summed E-state index contributed by atoms with van der Waals surface area (Å²) in [6.45, 7) is 3.49. The Morgan fingerprint density at radius 1 is 1.00 bits per heavy atom. The fourth-order valence-electron chi connectivity index (χ4n) is 1.98. The number of unbranched alkanes of at least 4 members (excludes halogenated alkanes) is 2. The van der Waals surface area contributed by atoms with Crippen molar-refractivity contribution in [3.05, 3.63) is 66.7 Å². The van der Waals surface area contributed by atoms with Crippen molar-refractivity contribution in [3.63, 3.8) is 0 Å². The van der Waals surface area contributed by atoms with Gasteiger partial charge in [-0.15, -0.1) is 0 Å². The van der Waals surface area contributed by atoms with Crippen molar-refractivity contribution < 1.29 is 15.0 Å². The van der Waals surface area contributed by atoms with E-state index in [1.807, 2.05) is 54.6 Å². The molecular formula is C20H25N2O3-. The second kappa shape index (κ2) is 11.7. The van der Waals surface area contributed by atoms with Gasteiger partial charge in [0.2, 0.25) is 0 Å². The molecule has 0 aromatic heterocycles. The van der Waals surface area contributed by atoms with E-state index in [4.69, 9.17) is 10.8 Å². The number of aliphatic hydroxyl groups excluding tert-OH is 1. The number of nitrogens with two attached hydrogens (primary N) is 1. The van der Waals surface area contributed by atoms with Crippen LogP contribution >= 0.6 is 0 Å². The van der Waals surface area contributed by atoms with E-state index >= 15 is 0 Å². The van der Waals surface area contributed by atoms with Crippen LogP contribution in [0, 0.1) is 0 Å². The number of aliphatic hydroxyl groups is 1. The first-order valence-corrected chi connectivity index (χ1v) is 8.20. The molecule has 5 nitrogen and oxygen atoms in total. The number of rotatable bonds is 8. The van der Waals surface area contributed by atoms with Crippen molar-refractivity contribution in [2.24, 2.45) is 0 Å². The van der Waals surface area contributed by atoms with Gasteiger partial charge in [-0.3, -0.25) is 0 Å². The molecule has 0 amide bonds. The number of hydrogen-bond acceptors (Lipinski definition) is 5. The summed E-state index contributed by atoms with van der Waals surface area (Å²) >= 11 is 0. The number of para-hydroxylation sites is 1. The van der Waals surface area contributed by atoms with E-state index in [-0.39, 0.29) is 12.2 Å². The van der Waals surface area contributed by atoms with Gasteiger partial charge in [0.1, 0.15) is 0 Å². The third kappa shape index (κ3) is 9.17. The SMILES string of the molecule is C=C(CCCCCO)C(=O)[O-].Nc1ccc(Nc2ccccc2)cc1. The minimum atomic E-state index is -1.17. The molecule has 0 aliphatic heterocycles. The van der Waals surface area contributed by atoms with E-state index in [9.17, 15) is 9.90 Å². The number of carbonyl (C=O) groups is 1. The van der Waals surface area contributed by atoms with E-state index in [0.717, 1.165) is 36.3 Å². The molecule has 0 aliphatic rings. The molecule has 0 unspecified atom stereocenters. The maximum Gasteiger partial charge on any atom is 0.0668 e.